The lowest BCUT2D eigenvalue weighted by Crippen LogP contribution is -2.34. The second kappa shape index (κ2) is 6.47. The molecule has 0 aliphatic carbocycles. The number of ketones is 1. The Labute approximate surface area is 124 Å². The van der Waals surface area contributed by atoms with Crippen LogP contribution in [0.25, 0.3) is 0 Å². The Morgan fingerprint density at radius 3 is 2.90 bits per heavy atom. The van der Waals surface area contributed by atoms with Crippen LogP contribution in [0.15, 0.2) is 45.7 Å². The van der Waals surface area contributed by atoms with Crippen LogP contribution in [-0.4, -0.2) is 22.7 Å². The van der Waals surface area contributed by atoms with Crippen molar-refractivity contribution < 1.29 is 14.0 Å². The molecule has 0 spiro atoms. The van der Waals surface area contributed by atoms with Crippen molar-refractivity contribution >= 4 is 27.6 Å². The average Bonchev–Trinajstić information content (AvgIpc) is 2.92. The number of aromatic nitrogens is 1. The highest BCUT2D eigenvalue weighted by molar-refractivity contribution is 9.10. The smallest absolute Gasteiger partial charge is 0.253 e. The molecule has 0 saturated carbocycles. The number of furan rings is 1. The van der Waals surface area contributed by atoms with E-state index in [4.69, 9.17) is 4.42 Å². The first-order valence-electron chi connectivity index (χ1n) is 6.04. The zero-order valence-corrected chi connectivity index (χ0v) is 12.4. The number of carbonyl (C=O) groups is 2. The molecule has 6 heteroatoms. The van der Waals surface area contributed by atoms with Crippen molar-refractivity contribution in [2.24, 2.45) is 0 Å². The summed E-state index contributed by atoms with van der Waals surface area (Å²) in [7, 11) is 0. The Hall–Kier alpha value is -1.95. The summed E-state index contributed by atoms with van der Waals surface area (Å²) in [5.74, 6) is -0.107. The van der Waals surface area contributed by atoms with Crippen molar-refractivity contribution in [3.63, 3.8) is 0 Å². The van der Waals surface area contributed by atoms with Crippen LogP contribution in [0.4, 0.5) is 0 Å². The number of nitrogens with zero attached hydrogens (tertiary/aromatic N) is 1. The number of hydrogen-bond acceptors (Lipinski definition) is 4. The van der Waals surface area contributed by atoms with Gasteiger partial charge in [-0.25, -0.2) is 0 Å². The third kappa shape index (κ3) is 3.77. The monoisotopic (exact) mass is 336 g/mol. The van der Waals surface area contributed by atoms with Gasteiger partial charge in [0.15, 0.2) is 11.5 Å². The Balaban J connectivity index is 1.93. The van der Waals surface area contributed by atoms with Crippen molar-refractivity contribution in [2.75, 3.05) is 0 Å². The first-order chi connectivity index (χ1) is 9.56. The van der Waals surface area contributed by atoms with E-state index in [1.807, 2.05) is 0 Å². The number of nitrogens with one attached hydrogen (secondary N) is 1. The van der Waals surface area contributed by atoms with E-state index in [1.54, 1.807) is 31.3 Å². The van der Waals surface area contributed by atoms with Crippen LogP contribution in [0, 0.1) is 0 Å². The molecule has 0 bridgehead atoms. The number of pyridine rings is 1. The molecular weight excluding hydrogens is 324 g/mol. The van der Waals surface area contributed by atoms with Crippen molar-refractivity contribution in [1.82, 2.24) is 10.3 Å². The van der Waals surface area contributed by atoms with Gasteiger partial charge in [0.25, 0.3) is 5.91 Å². The SMILES string of the molecule is CC(CC(=O)c1ccco1)NC(=O)c1cncc(Br)c1. The quantitative estimate of drug-likeness (QED) is 0.852. The number of hydrogen-bond donors (Lipinski definition) is 1. The zero-order valence-electron chi connectivity index (χ0n) is 10.8. The second-order valence-corrected chi connectivity index (χ2v) is 5.29. The maximum atomic E-state index is 12.0. The van der Waals surface area contributed by atoms with E-state index in [-0.39, 0.29) is 24.2 Å². The van der Waals surface area contributed by atoms with Gasteiger partial charge in [-0.05, 0) is 41.1 Å². The molecule has 1 atom stereocenters. The van der Waals surface area contributed by atoms with E-state index >= 15 is 0 Å². The molecule has 0 aliphatic rings. The third-order valence-corrected chi connectivity index (χ3v) is 3.07. The molecule has 20 heavy (non-hydrogen) atoms. The highest BCUT2D eigenvalue weighted by atomic mass is 79.9. The highest BCUT2D eigenvalue weighted by Gasteiger charge is 2.16. The number of amides is 1. The summed E-state index contributed by atoms with van der Waals surface area (Å²) in [5.41, 5.74) is 0.441. The lowest BCUT2D eigenvalue weighted by molar-refractivity contribution is 0.0907. The molecule has 5 nitrogen and oxygen atoms in total. The summed E-state index contributed by atoms with van der Waals surface area (Å²) >= 11 is 3.25. The standard InChI is InChI=1S/C14H13BrN2O3/c1-9(5-12(18)13-3-2-4-20-13)17-14(19)10-6-11(15)8-16-7-10/h2-4,6-9H,5H2,1H3,(H,17,19). The Bertz CT molecular complexity index is 611. The summed E-state index contributed by atoms with van der Waals surface area (Å²) in [5, 5.41) is 2.75. The van der Waals surface area contributed by atoms with Crippen molar-refractivity contribution in [1.29, 1.82) is 0 Å². The topological polar surface area (TPSA) is 72.2 Å². The number of rotatable bonds is 5. The average molecular weight is 337 g/mol. The Morgan fingerprint density at radius 2 is 2.25 bits per heavy atom. The van der Waals surface area contributed by atoms with Gasteiger partial charge in [0, 0.05) is 29.3 Å². The van der Waals surface area contributed by atoms with Crippen LogP contribution >= 0.6 is 15.9 Å². The van der Waals surface area contributed by atoms with Crippen LogP contribution in [0.5, 0.6) is 0 Å². The summed E-state index contributed by atoms with van der Waals surface area (Å²) in [6, 6.07) is 4.64. The number of Topliss-reactive ketones (excluding diaryl/α,β-unsaturated/α-hetero) is 1. The van der Waals surface area contributed by atoms with E-state index in [9.17, 15) is 9.59 Å². The molecule has 1 unspecified atom stereocenters. The Morgan fingerprint density at radius 1 is 1.45 bits per heavy atom. The van der Waals surface area contributed by atoms with Gasteiger partial charge in [-0.1, -0.05) is 0 Å². The lowest BCUT2D eigenvalue weighted by atomic mass is 10.1. The Kier molecular flexibility index (Phi) is 4.68. The van der Waals surface area contributed by atoms with E-state index in [2.05, 4.69) is 26.2 Å². The molecule has 0 radical (unpaired) electrons. The van der Waals surface area contributed by atoms with Crippen LogP contribution in [-0.2, 0) is 0 Å². The predicted molar refractivity (Wildman–Crippen MR) is 76.5 cm³/mol. The van der Waals surface area contributed by atoms with E-state index in [1.165, 1.54) is 12.5 Å². The highest BCUT2D eigenvalue weighted by Crippen LogP contribution is 2.10. The molecule has 2 rings (SSSR count). The van der Waals surface area contributed by atoms with Gasteiger partial charge in [-0.2, -0.15) is 0 Å². The van der Waals surface area contributed by atoms with Crippen LogP contribution in [0.1, 0.15) is 34.3 Å². The molecule has 2 aromatic heterocycles. The molecule has 1 amide bonds. The number of carbonyl (C=O) groups excluding carboxylic acids is 2. The van der Waals surface area contributed by atoms with E-state index < -0.39 is 0 Å². The first kappa shape index (κ1) is 14.5. The van der Waals surface area contributed by atoms with Crippen molar-refractivity contribution in [2.45, 2.75) is 19.4 Å². The maximum Gasteiger partial charge on any atom is 0.253 e. The third-order valence-electron chi connectivity index (χ3n) is 2.63. The molecule has 104 valence electrons. The normalized spacial score (nSPS) is 11.9. The molecule has 2 aromatic rings. The molecule has 0 aliphatic heterocycles. The summed E-state index contributed by atoms with van der Waals surface area (Å²) in [4.78, 5) is 27.7. The van der Waals surface area contributed by atoms with Gasteiger partial charge in [-0.3, -0.25) is 14.6 Å². The van der Waals surface area contributed by atoms with E-state index in [0.717, 1.165) is 4.47 Å². The van der Waals surface area contributed by atoms with E-state index in [0.29, 0.717) is 11.3 Å². The molecule has 0 aromatic carbocycles. The van der Waals surface area contributed by atoms with Crippen LogP contribution < -0.4 is 5.32 Å². The van der Waals surface area contributed by atoms with Crippen molar-refractivity contribution in [3.8, 4) is 0 Å². The summed E-state index contributed by atoms with van der Waals surface area (Å²) < 4.78 is 5.75. The fourth-order valence-corrected chi connectivity index (χ4v) is 2.07. The molecule has 0 saturated heterocycles. The minimum atomic E-state index is -0.293. The van der Waals surface area contributed by atoms with Crippen LogP contribution in [0.2, 0.25) is 0 Å². The molecular formula is C14H13BrN2O3. The van der Waals surface area contributed by atoms with Gasteiger partial charge in [-0.15, -0.1) is 0 Å². The fourth-order valence-electron chi connectivity index (χ4n) is 1.71. The van der Waals surface area contributed by atoms with Gasteiger partial charge in [0.05, 0.1) is 11.8 Å². The summed E-state index contributed by atoms with van der Waals surface area (Å²) in [6.07, 6.45) is 4.70. The predicted octanol–water partition coefficient (Wildman–Crippen LogP) is 2.83. The minimum absolute atomic E-state index is 0.143. The number of halogens is 1. The van der Waals surface area contributed by atoms with Crippen LogP contribution in [0.3, 0.4) is 0 Å². The van der Waals surface area contributed by atoms with Crippen molar-refractivity contribution in [3.05, 3.63) is 52.7 Å². The second-order valence-electron chi connectivity index (χ2n) is 4.37. The first-order valence-corrected chi connectivity index (χ1v) is 6.83. The maximum absolute atomic E-state index is 12.0. The molecule has 1 N–H and O–H groups in total. The molecule has 2 heterocycles. The minimum Gasteiger partial charge on any atom is -0.461 e. The lowest BCUT2D eigenvalue weighted by Gasteiger charge is -2.12. The van der Waals surface area contributed by atoms with Gasteiger partial charge < -0.3 is 9.73 Å². The largest absolute Gasteiger partial charge is 0.461 e. The zero-order chi connectivity index (χ0) is 14.5. The van der Waals surface area contributed by atoms with Gasteiger partial charge in [0.2, 0.25) is 0 Å². The molecule has 0 fully saturated rings. The van der Waals surface area contributed by atoms with Gasteiger partial charge >= 0.3 is 0 Å². The fraction of sp³-hybridized carbons (Fsp3) is 0.214. The van der Waals surface area contributed by atoms with Gasteiger partial charge in [0.1, 0.15) is 0 Å². The summed E-state index contributed by atoms with van der Waals surface area (Å²) in [6.45, 7) is 1.77.